The molecule has 162 valence electrons. The number of ketones is 1. The normalized spacial score (nSPS) is 11.2. The number of nitriles is 1. The lowest BCUT2D eigenvalue weighted by Crippen LogP contribution is -2.15. The molecule has 10 heteroatoms. The van der Waals surface area contributed by atoms with Crippen molar-refractivity contribution in [2.75, 3.05) is 6.61 Å². The van der Waals surface area contributed by atoms with Gasteiger partial charge >= 0.3 is 0 Å². The number of halogens is 3. The maximum Gasteiger partial charge on any atom is 0.270 e. The van der Waals surface area contributed by atoms with Gasteiger partial charge in [-0.25, -0.2) is 4.98 Å². The summed E-state index contributed by atoms with van der Waals surface area (Å²) in [4.78, 5) is 32.8. The van der Waals surface area contributed by atoms with Crippen molar-refractivity contribution in [1.29, 1.82) is 5.26 Å². The first-order chi connectivity index (χ1) is 15.3. The number of nitrogens with one attached hydrogen (secondary N) is 1. The highest BCUT2D eigenvalue weighted by atomic mass is 79.9. The Kier molecular flexibility index (Phi) is 8.15. The van der Waals surface area contributed by atoms with E-state index in [1.165, 1.54) is 12.3 Å². The Balaban J connectivity index is 2.06. The molecule has 0 aliphatic heterocycles. The van der Waals surface area contributed by atoms with Crippen molar-refractivity contribution in [3.63, 3.8) is 0 Å². The fourth-order valence-electron chi connectivity index (χ4n) is 2.61. The summed E-state index contributed by atoms with van der Waals surface area (Å²) >= 11 is 16.5. The van der Waals surface area contributed by atoms with E-state index in [0.29, 0.717) is 22.8 Å². The quantitative estimate of drug-likeness (QED) is 0.123. The summed E-state index contributed by atoms with van der Waals surface area (Å²) < 4.78 is 6.17. The van der Waals surface area contributed by atoms with E-state index in [9.17, 15) is 14.9 Å². The predicted molar refractivity (Wildman–Crippen MR) is 129 cm³/mol. The number of Topliss-reactive ketones (excluding diaryl/α,β-unsaturated/α-hetero) is 1. The molecule has 0 atom stereocenters. The van der Waals surface area contributed by atoms with E-state index in [-0.39, 0.29) is 32.1 Å². The van der Waals surface area contributed by atoms with Gasteiger partial charge in [0.1, 0.15) is 17.9 Å². The van der Waals surface area contributed by atoms with E-state index in [0.717, 1.165) is 16.2 Å². The van der Waals surface area contributed by atoms with Gasteiger partial charge in [-0.2, -0.15) is 5.26 Å². The molecule has 3 aromatic rings. The summed E-state index contributed by atoms with van der Waals surface area (Å²) in [6, 6.07) is 13.3. The second kappa shape index (κ2) is 10.8. The van der Waals surface area contributed by atoms with Crippen LogP contribution in [-0.4, -0.2) is 22.4 Å². The van der Waals surface area contributed by atoms with Crippen molar-refractivity contribution in [2.24, 2.45) is 0 Å². The number of carbonyl (C=O) groups is 1. The Morgan fingerprint density at radius 2 is 2.00 bits per heavy atom. The zero-order chi connectivity index (χ0) is 23.3. The number of hydrogen-bond acceptors (Lipinski definition) is 6. The number of nitrogens with zero attached hydrogens (tertiary/aromatic N) is 2. The Bertz CT molecular complexity index is 1300. The molecule has 6 nitrogen and oxygen atoms in total. The first-order valence-electron chi connectivity index (χ1n) is 9.13. The number of ether oxygens (including phenoxy) is 1. The van der Waals surface area contributed by atoms with Gasteiger partial charge in [-0.15, -0.1) is 0 Å². The highest BCUT2D eigenvalue weighted by molar-refractivity contribution is 9.10. The highest BCUT2D eigenvalue weighted by Gasteiger charge is 2.20. The Labute approximate surface area is 206 Å². The smallest absolute Gasteiger partial charge is 0.270 e. The van der Waals surface area contributed by atoms with Gasteiger partial charge in [-0.3, -0.25) is 9.59 Å². The van der Waals surface area contributed by atoms with Crippen LogP contribution in [0.3, 0.4) is 0 Å². The maximum absolute atomic E-state index is 13.0. The van der Waals surface area contributed by atoms with Crippen molar-refractivity contribution < 1.29 is 9.53 Å². The van der Waals surface area contributed by atoms with Crippen LogP contribution in [0.2, 0.25) is 10.0 Å². The van der Waals surface area contributed by atoms with Crippen molar-refractivity contribution in [3.8, 4) is 17.3 Å². The fraction of sp³-hybridized carbons (Fsp3) is 0.0909. The van der Waals surface area contributed by atoms with Crippen molar-refractivity contribution >= 4 is 56.7 Å². The van der Waals surface area contributed by atoms with Gasteiger partial charge in [0.25, 0.3) is 5.56 Å². The largest absolute Gasteiger partial charge is 0.500 e. The molecule has 2 aromatic carbocycles. The van der Waals surface area contributed by atoms with Crippen molar-refractivity contribution in [3.05, 3.63) is 89.6 Å². The fourth-order valence-corrected chi connectivity index (χ4v) is 4.19. The number of carbonyl (C=O) groups excluding carboxylic acids is 1. The van der Waals surface area contributed by atoms with Gasteiger partial charge in [0.2, 0.25) is 5.78 Å². The number of H-pyrrole nitrogens is 1. The van der Waals surface area contributed by atoms with E-state index in [4.69, 9.17) is 27.9 Å². The van der Waals surface area contributed by atoms with Crippen LogP contribution in [0.1, 0.15) is 22.8 Å². The second-order valence-electron chi connectivity index (χ2n) is 6.21. The number of thioether (sulfide) groups is 1. The summed E-state index contributed by atoms with van der Waals surface area (Å²) in [5, 5.41) is 10.2. The maximum atomic E-state index is 13.0. The number of hydrogen-bond donors (Lipinski definition) is 1. The van der Waals surface area contributed by atoms with Crippen LogP contribution in [0.25, 0.3) is 11.3 Å². The number of aromatic amines is 1. The van der Waals surface area contributed by atoms with Gasteiger partial charge in [0.05, 0.1) is 22.2 Å². The summed E-state index contributed by atoms with van der Waals surface area (Å²) in [6.07, 6.45) is 1.32. The minimum atomic E-state index is -0.655. The molecule has 0 amide bonds. The van der Waals surface area contributed by atoms with Crippen LogP contribution in [-0.2, 0) is 4.74 Å². The second-order valence-corrected chi connectivity index (χ2v) is 9.00. The van der Waals surface area contributed by atoms with Gasteiger partial charge in [0.15, 0.2) is 5.16 Å². The molecule has 1 N–H and O–H groups in total. The van der Waals surface area contributed by atoms with Crippen LogP contribution in [0, 0.1) is 11.3 Å². The molecule has 0 saturated heterocycles. The third-order valence-electron chi connectivity index (χ3n) is 4.09. The first-order valence-corrected chi connectivity index (χ1v) is 11.5. The average molecular weight is 551 g/mol. The molecule has 0 spiro atoms. The Morgan fingerprint density at radius 1 is 1.28 bits per heavy atom. The van der Waals surface area contributed by atoms with E-state index >= 15 is 0 Å². The van der Waals surface area contributed by atoms with E-state index in [1.54, 1.807) is 43.3 Å². The molecule has 32 heavy (non-hydrogen) atoms. The van der Waals surface area contributed by atoms with E-state index < -0.39 is 5.56 Å². The number of rotatable bonds is 7. The summed E-state index contributed by atoms with van der Waals surface area (Å²) in [7, 11) is 0. The number of benzene rings is 2. The molecule has 0 aliphatic rings. The third kappa shape index (κ3) is 5.61. The Morgan fingerprint density at radius 3 is 2.62 bits per heavy atom. The van der Waals surface area contributed by atoms with Crippen molar-refractivity contribution in [1.82, 2.24) is 9.97 Å². The molecule has 1 heterocycles. The molecule has 0 bridgehead atoms. The summed E-state index contributed by atoms with van der Waals surface area (Å²) in [5.41, 5.74) is 0.0389. The summed E-state index contributed by atoms with van der Waals surface area (Å²) in [5.74, 6) is -0.311. The van der Waals surface area contributed by atoms with E-state index in [2.05, 4.69) is 25.9 Å². The van der Waals surface area contributed by atoms with Crippen LogP contribution in [0.4, 0.5) is 0 Å². The monoisotopic (exact) mass is 549 g/mol. The molecule has 1 aromatic heterocycles. The first kappa shape index (κ1) is 24.1. The minimum Gasteiger partial charge on any atom is -0.500 e. The predicted octanol–water partition coefficient (Wildman–Crippen LogP) is 6.23. The van der Waals surface area contributed by atoms with Gasteiger partial charge in [0, 0.05) is 20.6 Å². The summed E-state index contributed by atoms with van der Waals surface area (Å²) in [6.45, 7) is 2.13. The highest BCUT2D eigenvalue weighted by Crippen LogP contribution is 2.33. The molecule has 0 saturated carbocycles. The third-order valence-corrected chi connectivity index (χ3v) is 6.05. The number of aromatic nitrogens is 2. The standard InChI is InChI=1S/C22H14BrCl2N3O3S/c1-2-31-11-18(20(29)12-3-5-13(23)6-4-12)32-22-27-19(16(10-26)21(30)28-22)15-8-7-14(24)9-17(15)25/h3-9,11H,2H2,1H3,(H,27,28,30)/b18-11-. The van der Waals surface area contributed by atoms with E-state index in [1.807, 2.05) is 6.07 Å². The van der Waals surface area contributed by atoms with Crippen molar-refractivity contribution in [2.45, 2.75) is 12.1 Å². The van der Waals surface area contributed by atoms with Crippen LogP contribution in [0.15, 0.2) is 68.1 Å². The molecular formula is C22H14BrCl2N3O3S. The van der Waals surface area contributed by atoms with Gasteiger partial charge in [-0.05, 0) is 61.2 Å². The molecule has 3 rings (SSSR count). The SMILES string of the molecule is CCO/C=C(\Sc1nc(-c2ccc(Cl)cc2Cl)c(C#N)c(=O)[nH]1)C(=O)c1ccc(Br)cc1. The van der Waals surface area contributed by atoms with Gasteiger partial charge < -0.3 is 9.72 Å². The topological polar surface area (TPSA) is 95.8 Å². The molecule has 0 unspecified atom stereocenters. The Hall–Kier alpha value is -2.57. The lowest BCUT2D eigenvalue weighted by Gasteiger charge is -2.10. The lowest BCUT2D eigenvalue weighted by atomic mass is 10.1. The zero-order valence-electron chi connectivity index (χ0n) is 16.5. The van der Waals surface area contributed by atoms with Crippen LogP contribution < -0.4 is 5.56 Å². The van der Waals surface area contributed by atoms with Gasteiger partial charge in [-0.1, -0.05) is 39.1 Å². The number of allylic oxidation sites excluding steroid dienone is 1. The molecule has 0 aliphatic carbocycles. The van der Waals surface area contributed by atoms with Crippen LogP contribution in [0.5, 0.6) is 0 Å². The zero-order valence-corrected chi connectivity index (χ0v) is 20.4. The molecule has 0 radical (unpaired) electrons. The molecular weight excluding hydrogens is 537 g/mol. The lowest BCUT2D eigenvalue weighted by molar-refractivity contribution is 0.103. The van der Waals surface area contributed by atoms with Crippen LogP contribution >= 0.6 is 50.9 Å². The average Bonchev–Trinajstić information content (AvgIpc) is 2.76. The molecule has 0 fully saturated rings. The minimum absolute atomic E-state index is 0.0901.